The summed E-state index contributed by atoms with van der Waals surface area (Å²) in [4.78, 5) is 42.1. The lowest BCUT2D eigenvalue weighted by atomic mass is 10.1. The maximum absolute atomic E-state index is 13.1. The summed E-state index contributed by atoms with van der Waals surface area (Å²) >= 11 is 2.29. The largest absolute Gasteiger partial charge is 0.381 e. The molecular weight excluding hydrogens is 751 g/mol. The van der Waals surface area contributed by atoms with Crippen molar-refractivity contribution in [3.05, 3.63) is 106 Å². The van der Waals surface area contributed by atoms with Gasteiger partial charge in [-0.1, -0.05) is 24.3 Å². The first-order valence-electron chi connectivity index (χ1n) is 16.6. The Morgan fingerprint density at radius 3 is 1.74 bits per heavy atom. The lowest BCUT2D eigenvalue weighted by molar-refractivity contribution is 0.0254. The maximum atomic E-state index is 13.1. The molecule has 2 amide bonds. The fourth-order valence-corrected chi connectivity index (χ4v) is 6.72. The highest BCUT2D eigenvalue weighted by molar-refractivity contribution is 14.1. The third-order valence-electron chi connectivity index (χ3n) is 8.67. The quantitative estimate of drug-likeness (QED) is 0.203. The summed E-state index contributed by atoms with van der Waals surface area (Å²) in [5.41, 5.74) is 3.19. The van der Waals surface area contributed by atoms with Gasteiger partial charge in [0.25, 0.3) is 11.8 Å². The van der Waals surface area contributed by atoms with E-state index in [1.807, 2.05) is 57.0 Å². The number of benzene rings is 2. The van der Waals surface area contributed by atoms with E-state index in [9.17, 15) is 9.59 Å². The van der Waals surface area contributed by atoms with Crippen molar-refractivity contribution in [2.45, 2.75) is 50.9 Å². The molecule has 50 heavy (non-hydrogen) atoms. The van der Waals surface area contributed by atoms with Gasteiger partial charge >= 0.3 is 0 Å². The fourth-order valence-electron chi connectivity index (χ4n) is 6.11. The van der Waals surface area contributed by atoms with E-state index >= 15 is 0 Å². The lowest BCUT2D eigenvalue weighted by Gasteiger charge is -2.33. The van der Waals surface area contributed by atoms with Crippen LogP contribution in [0.5, 0.6) is 0 Å². The predicted molar refractivity (Wildman–Crippen MR) is 192 cm³/mol. The molecule has 0 spiro atoms. The van der Waals surface area contributed by atoms with Crippen LogP contribution < -0.4 is 0 Å². The summed E-state index contributed by atoms with van der Waals surface area (Å²) in [6.07, 6.45) is 11.9. The summed E-state index contributed by atoms with van der Waals surface area (Å²) in [7, 11) is 3.53. The van der Waals surface area contributed by atoms with E-state index in [0.29, 0.717) is 39.5 Å². The van der Waals surface area contributed by atoms with Crippen molar-refractivity contribution in [1.29, 1.82) is 0 Å². The van der Waals surface area contributed by atoms with Crippen LogP contribution in [0.25, 0.3) is 5.69 Å². The Morgan fingerprint density at radius 1 is 0.760 bits per heavy atom. The summed E-state index contributed by atoms with van der Waals surface area (Å²) in [5, 5.41) is 8.36. The molecule has 0 radical (unpaired) electrons. The highest BCUT2D eigenvalue weighted by Gasteiger charge is 2.30. The Hall–Kier alpha value is -4.48. The van der Waals surface area contributed by atoms with E-state index in [4.69, 9.17) is 9.47 Å². The third-order valence-corrected chi connectivity index (χ3v) is 9.35. The Bertz CT molecular complexity index is 1850. The number of carbonyl (C=O) groups is 2. The van der Waals surface area contributed by atoms with Gasteiger partial charge in [-0.2, -0.15) is 0 Å². The van der Waals surface area contributed by atoms with Crippen molar-refractivity contribution >= 4 is 34.4 Å². The predicted octanol–water partition coefficient (Wildman–Crippen LogP) is 4.06. The number of amides is 2. The average Bonchev–Trinajstić information content (AvgIpc) is 3.94. The Labute approximate surface area is 304 Å². The molecule has 3 aromatic heterocycles. The normalized spacial score (nSPS) is 15.3. The van der Waals surface area contributed by atoms with Crippen LogP contribution >= 0.6 is 22.6 Å². The molecule has 2 aliphatic rings. The minimum absolute atomic E-state index is 0.114. The van der Waals surface area contributed by atoms with Crippen LogP contribution in [0.3, 0.4) is 0 Å². The van der Waals surface area contributed by atoms with E-state index in [1.165, 1.54) is 0 Å². The molecule has 7 rings (SSSR count). The number of rotatable bonds is 9. The smallest absolute Gasteiger partial charge is 0.294 e. The number of nitrogens with zero attached hydrogens (tertiary/aromatic N) is 10. The van der Waals surface area contributed by atoms with Crippen molar-refractivity contribution in [3.8, 4) is 5.69 Å². The van der Waals surface area contributed by atoms with Crippen molar-refractivity contribution < 1.29 is 19.1 Å². The van der Waals surface area contributed by atoms with Crippen molar-refractivity contribution in [3.63, 3.8) is 0 Å². The zero-order chi connectivity index (χ0) is 34.9. The van der Waals surface area contributed by atoms with Crippen LogP contribution in [0.4, 0.5) is 0 Å². The van der Waals surface area contributed by atoms with E-state index in [2.05, 4.69) is 59.9 Å². The molecule has 5 aromatic rings. The third kappa shape index (κ3) is 9.19. The number of hydrogen-bond donors (Lipinski definition) is 0. The second-order valence-electron chi connectivity index (χ2n) is 12.3. The Morgan fingerprint density at radius 2 is 1.28 bits per heavy atom. The standard InChI is InChI=1S/C19H22N6O2.C16H19IN4O2/c1-23-14-21-18(22-23)19(26)25(16-5-9-27-10-6-16)12-15-3-2-4-17(11-15)24-8-7-20-13-24;1-20-11-18-15(19-20)16(22)21(14-5-7-23-8-6-14)10-12-3-2-4-13(17)9-12/h2-4,7-8,11,13-14,16H,5-6,9-10,12H2,1H3;2-4,9,11,14H,5-8,10H2,1H3. The van der Waals surface area contributed by atoms with Gasteiger partial charge in [-0.3, -0.25) is 19.0 Å². The molecule has 15 heteroatoms. The highest BCUT2D eigenvalue weighted by Crippen LogP contribution is 2.22. The van der Waals surface area contributed by atoms with Crippen molar-refractivity contribution in [1.82, 2.24) is 48.9 Å². The zero-order valence-electron chi connectivity index (χ0n) is 28.2. The number of aromatic nitrogens is 8. The second kappa shape index (κ2) is 17.0. The van der Waals surface area contributed by atoms with Crippen LogP contribution in [0.2, 0.25) is 0 Å². The molecule has 2 aromatic carbocycles. The number of carbonyl (C=O) groups excluding carboxylic acids is 2. The minimum atomic E-state index is -0.143. The van der Waals surface area contributed by atoms with Crippen LogP contribution in [0.15, 0.2) is 79.9 Å². The van der Waals surface area contributed by atoms with Gasteiger partial charge in [0.05, 0.1) is 6.33 Å². The van der Waals surface area contributed by atoms with Crippen molar-refractivity contribution in [2.75, 3.05) is 26.4 Å². The van der Waals surface area contributed by atoms with Crippen LogP contribution in [-0.4, -0.2) is 99.2 Å². The highest BCUT2D eigenvalue weighted by atomic mass is 127. The summed E-state index contributed by atoms with van der Waals surface area (Å²) in [6.45, 7) is 3.79. The first-order chi connectivity index (χ1) is 24.3. The van der Waals surface area contributed by atoms with Gasteiger partial charge in [-0.05, 0) is 83.7 Å². The lowest BCUT2D eigenvalue weighted by Crippen LogP contribution is -2.43. The summed E-state index contributed by atoms with van der Waals surface area (Å²) < 4.78 is 17.1. The van der Waals surface area contributed by atoms with E-state index in [0.717, 1.165) is 46.1 Å². The molecule has 2 aliphatic heterocycles. The molecule has 0 bridgehead atoms. The first kappa shape index (κ1) is 35.3. The monoisotopic (exact) mass is 792 g/mol. The molecule has 2 fully saturated rings. The summed E-state index contributed by atoms with van der Waals surface area (Å²) in [6, 6.07) is 16.6. The SMILES string of the molecule is Cn1cnc(C(=O)N(Cc2cccc(-n3ccnc3)c2)C2CCOCC2)n1.Cn1cnc(C(=O)N(Cc2cccc(I)c2)C2CCOCC2)n1. The van der Waals surface area contributed by atoms with Crippen LogP contribution in [-0.2, 0) is 36.7 Å². The van der Waals surface area contributed by atoms with Gasteiger partial charge in [-0.15, -0.1) is 10.2 Å². The molecule has 0 atom stereocenters. The number of hydrogen-bond acceptors (Lipinski definition) is 9. The molecule has 5 heterocycles. The van der Waals surface area contributed by atoms with Crippen molar-refractivity contribution in [2.24, 2.45) is 14.1 Å². The number of aryl methyl sites for hydroxylation is 2. The molecule has 0 saturated carbocycles. The van der Waals surface area contributed by atoms with Gasteiger partial charge < -0.3 is 23.8 Å². The molecule has 2 saturated heterocycles. The van der Waals surface area contributed by atoms with Crippen LogP contribution in [0, 0.1) is 3.57 Å². The maximum Gasteiger partial charge on any atom is 0.294 e. The van der Waals surface area contributed by atoms with E-state index < -0.39 is 0 Å². The molecule has 262 valence electrons. The van der Waals surface area contributed by atoms with E-state index in [1.54, 1.807) is 48.6 Å². The van der Waals surface area contributed by atoms with E-state index in [-0.39, 0.29) is 35.5 Å². The van der Waals surface area contributed by atoms with Gasteiger partial charge in [0, 0.05) is 87.3 Å². The minimum Gasteiger partial charge on any atom is -0.381 e. The summed E-state index contributed by atoms with van der Waals surface area (Å²) in [5.74, 6) is 0.228. The number of halogens is 1. The average molecular weight is 793 g/mol. The van der Waals surface area contributed by atoms with Gasteiger partial charge in [0.1, 0.15) is 12.7 Å². The molecule has 0 aliphatic carbocycles. The second-order valence-corrected chi connectivity index (χ2v) is 13.6. The van der Waals surface area contributed by atoms with Gasteiger partial charge in [-0.25, -0.2) is 15.0 Å². The van der Waals surface area contributed by atoms with Gasteiger partial charge in [0.15, 0.2) is 0 Å². The number of ether oxygens (including phenoxy) is 2. The first-order valence-corrected chi connectivity index (χ1v) is 17.7. The van der Waals surface area contributed by atoms with Crippen LogP contribution in [0.1, 0.15) is 58.0 Å². The number of imidazole rings is 1. The molecule has 14 nitrogen and oxygen atoms in total. The molecular formula is C35H41IN10O4. The molecule has 0 N–H and O–H groups in total. The fraction of sp³-hybridized carbons (Fsp3) is 0.400. The molecule has 0 unspecified atom stereocenters. The Balaban J connectivity index is 0.000000175. The zero-order valence-corrected chi connectivity index (χ0v) is 30.4. The van der Waals surface area contributed by atoms with Gasteiger partial charge in [0.2, 0.25) is 11.6 Å². The Kier molecular flexibility index (Phi) is 12.0. The topological polar surface area (TPSA) is 138 Å².